The summed E-state index contributed by atoms with van der Waals surface area (Å²) in [6.45, 7) is 5.90. The van der Waals surface area contributed by atoms with Crippen molar-refractivity contribution in [3.05, 3.63) is 51.8 Å². The first-order valence-electron chi connectivity index (χ1n) is 12.0. The molecule has 8 heteroatoms. The van der Waals surface area contributed by atoms with Crippen LogP contribution >= 0.6 is 11.6 Å². The maximum atomic E-state index is 13.9. The van der Waals surface area contributed by atoms with Gasteiger partial charge in [-0.25, -0.2) is 4.39 Å². The van der Waals surface area contributed by atoms with Crippen molar-refractivity contribution < 1.29 is 28.2 Å². The number of ether oxygens (including phenoxy) is 3. The van der Waals surface area contributed by atoms with Gasteiger partial charge in [0, 0.05) is 32.5 Å². The number of aryl methyl sites for hydroxylation is 1. The van der Waals surface area contributed by atoms with Gasteiger partial charge in [0.2, 0.25) is 5.75 Å². The lowest BCUT2D eigenvalue weighted by atomic mass is 10.0. The van der Waals surface area contributed by atoms with Crippen molar-refractivity contribution in [2.24, 2.45) is 0 Å². The minimum Gasteiger partial charge on any atom is -0.491 e. The van der Waals surface area contributed by atoms with Crippen molar-refractivity contribution in [2.75, 3.05) is 40.0 Å². The molecule has 2 aromatic carbocycles. The Bertz CT molecular complexity index is 1050. The molecule has 1 aliphatic heterocycles. The van der Waals surface area contributed by atoms with Crippen molar-refractivity contribution in [1.29, 1.82) is 0 Å². The highest BCUT2D eigenvalue weighted by Crippen LogP contribution is 2.48. The van der Waals surface area contributed by atoms with Gasteiger partial charge in [0.15, 0.2) is 17.3 Å². The number of ketones is 2. The average molecular weight is 506 g/mol. The summed E-state index contributed by atoms with van der Waals surface area (Å²) in [5.74, 6) is 0.827. The number of Topliss-reactive ketones (excluding diaryl/α,β-unsaturated/α-hetero) is 2. The molecule has 2 aromatic rings. The molecule has 0 N–H and O–H groups in total. The molecule has 3 rings (SSSR count). The predicted octanol–water partition coefficient (Wildman–Crippen LogP) is 5.44. The molecule has 0 radical (unpaired) electrons. The van der Waals surface area contributed by atoms with Crippen LogP contribution in [0.1, 0.15) is 54.1 Å². The van der Waals surface area contributed by atoms with Crippen molar-refractivity contribution in [3.63, 3.8) is 0 Å². The Labute approximate surface area is 211 Å². The van der Waals surface area contributed by atoms with E-state index in [2.05, 4.69) is 4.90 Å². The van der Waals surface area contributed by atoms with Crippen LogP contribution in [0, 0.1) is 12.7 Å². The van der Waals surface area contributed by atoms with E-state index in [1.807, 2.05) is 6.07 Å². The molecule has 0 atom stereocenters. The van der Waals surface area contributed by atoms with E-state index in [1.165, 1.54) is 20.1 Å². The molecule has 1 heterocycles. The van der Waals surface area contributed by atoms with Crippen LogP contribution in [0.2, 0.25) is 5.02 Å². The Hall–Kier alpha value is -2.64. The smallest absolute Gasteiger partial charge is 0.205 e. The molecule has 6 nitrogen and oxygen atoms in total. The minimum atomic E-state index is -0.208. The minimum absolute atomic E-state index is 0.185. The lowest BCUT2D eigenvalue weighted by molar-refractivity contribution is -0.121. The number of hydrogen-bond acceptors (Lipinski definition) is 6. The van der Waals surface area contributed by atoms with Gasteiger partial charge in [-0.15, -0.1) is 0 Å². The zero-order valence-electron chi connectivity index (χ0n) is 20.6. The van der Waals surface area contributed by atoms with Gasteiger partial charge in [-0.1, -0.05) is 29.8 Å². The van der Waals surface area contributed by atoms with E-state index in [-0.39, 0.29) is 17.4 Å². The molecule has 35 heavy (non-hydrogen) atoms. The quantitative estimate of drug-likeness (QED) is 0.282. The number of methoxy groups -OCH3 is 1. The van der Waals surface area contributed by atoms with Crippen LogP contribution in [0.3, 0.4) is 0 Å². The SMILES string of the molecule is COc1c(Cl)c(C)c(C(C)=O)c(OCCN2CCC(=O)CC2)c1OCCCCc1ccccc1F. The van der Waals surface area contributed by atoms with Crippen molar-refractivity contribution >= 4 is 23.2 Å². The number of unbranched alkanes of at least 4 members (excludes halogenated alkanes) is 1. The molecule has 0 unspecified atom stereocenters. The molecule has 0 aromatic heterocycles. The van der Waals surface area contributed by atoms with Crippen LogP contribution in [0.25, 0.3) is 0 Å². The summed E-state index contributed by atoms with van der Waals surface area (Å²) in [5.41, 5.74) is 1.61. The van der Waals surface area contributed by atoms with E-state index in [4.69, 9.17) is 25.8 Å². The van der Waals surface area contributed by atoms with Gasteiger partial charge >= 0.3 is 0 Å². The molecule has 1 saturated heterocycles. The lowest BCUT2D eigenvalue weighted by Gasteiger charge is -2.26. The number of carbonyl (C=O) groups excluding carboxylic acids is 2. The Kier molecular flexibility index (Phi) is 9.93. The summed E-state index contributed by atoms with van der Waals surface area (Å²) >= 11 is 6.53. The van der Waals surface area contributed by atoms with Crippen LogP contribution in [-0.2, 0) is 11.2 Å². The van der Waals surface area contributed by atoms with Gasteiger partial charge in [0.25, 0.3) is 0 Å². The third-order valence-corrected chi connectivity index (χ3v) is 6.67. The first kappa shape index (κ1) is 27.0. The second kappa shape index (κ2) is 12.9. The highest BCUT2D eigenvalue weighted by Gasteiger charge is 2.27. The fourth-order valence-corrected chi connectivity index (χ4v) is 4.49. The Morgan fingerprint density at radius 3 is 2.40 bits per heavy atom. The number of piperidine rings is 1. The van der Waals surface area contributed by atoms with Crippen LogP contribution < -0.4 is 14.2 Å². The van der Waals surface area contributed by atoms with Crippen LogP contribution in [-0.4, -0.2) is 56.4 Å². The molecule has 190 valence electrons. The van der Waals surface area contributed by atoms with Crippen molar-refractivity contribution in [1.82, 2.24) is 4.90 Å². The molecule has 0 saturated carbocycles. The van der Waals surface area contributed by atoms with Crippen molar-refractivity contribution in [2.45, 2.75) is 46.0 Å². The third-order valence-electron chi connectivity index (χ3n) is 6.21. The molecule has 1 fully saturated rings. The van der Waals surface area contributed by atoms with Gasteiger partial charge < -0.3 is 14.2 Å². The highest BCUT2D eigenvalue weighted by molar-refractivity contribution is 6.34. The zero-order valence-corrected chi connectivity index (χ0v) is 21.4. The lowest BCUT2D eigenvalue weighted by Crippen LogP contribution is -2.36. The second-order valence-electron chi connectivity index (χ2n) is 8.69. The average Bonchev–Trinajstić information content (AvgIpc) is 2.83. The largest absolute Gasteiger partial charge is 0.491 e. The molecule has 0 amide bonds. The highest BCUT2D eigenvalue weighted by atomic mass is 35.5. The molecular weight excluding hydrogens is 473 g/mol. The number of nitrogens with zero attached hydrogens (tertiary/aromatic N) is 1. The number of carbonyl (C=O) groups is 2. The van der Waals surface area contributed by atoms with Crippen molar-refractivity contribution in [3.8, 4) is 17.2 Å². The topological polar surface area (TPSA) is 65.1 Å². The van der Waals surface area contributed by atoms with E-state index in [9.17, 15) is 14.0 Å². The van der Waals surface area contributed by atoms with E-state index >= 15 is 0 Å². The summed E-state index contributed by atoms with van der Waals surface area (Å²) in [7, 11) is 1.49. The number of likely N-dealkylation sites (tertiary alicyclic amines) is 1. The van der Waals surface area contributed by atoms with Gasteiger partial charge in [-0.05, 0) is 50.3 Å². The molecule has 0 spiro atoms. The summed E-state index contributed by atoms with van der Waals surface area (Å²) in [5, 5.41) is 0.306. The standard InChI is InChI=1S/C27H33ClFNO5/c1-18-23(19(2)31)25(35-17-15-30-13-11-21(32)12-14-30)27(26(33-3)24(18)28)34-16-7-6-9-20-8-4-5-10-22(20)29/h4-5,8,10H,6-7,9,11-17H2,1-3H3. The van der Waals surface area contributed by atoms with Crippen LogP contribution in [0.15, 0.2) is 24.3 Å². The maximum absolute atomic E-state index is 13.9. The van der Waals surface area contributed by atoms with Gasteiger partial charge in [0.1, 0.15) is 18.2 Å². The fraction of sp³-hybridized carbons (Fsp3) is 0.481. The maximum Gasteiger partial charge on any atom is 0.205 e. The fourth-order valence-electron chi connectivity index (χ4n) is 4.24. The number of benzene rings is 2. The summed E-state index contributed by atoms with van der Waals surface area (Å²) < 4.78 is 31.6. The zero-order chi connectivity index (χ0) is 25.4. The van der Waals surface area contributed by atoms with E-state index in [0.29, 0.717) is 97.5 Å². The van der Waals surface area contributed by atoms with Crippen LogP contribution in [0.5, 0.6) is 17.2 Å². The summed E-state index contributed by atoms with van der Waals surface area (Å²) in [6.07, 6.45) is 3.09. The monoisotopic (exact) mass is 505 g/mol. The molecule has 0 aliphatic carbocycles. The molecule has 1 aliphatic rings. The number of halogens is 2. The predicted molar refractivity (Wildman–Crippen MR) is 134 cm³/mol. The van der Waals surface area contributed by atoms with Gasteiger partial charge in [-0.2, -0.15) is 0 Å². The first-order chi connectivity index (χ1) is 16.8. The van der Waals surface area contributed by atoms with E-state index in [0.717, 1.165) is 6.42 Å². The first-order valence-corrected chi connectivity index (χ1v) is 12.3. The molecule has 0 bridgehead atoms. The summed E-state index contributed by atoms with van der Waals surface area (Å²) in [6, 6.07) is 6.74. The Morgan fingerprint density at radius 2 is 1.74 bits per heavy atom. The van der Waals surface area contributed by atoms with E-state index < -0.39 is 0 Å². The second-order valence-corrected chi connectivity index (χ2v) is 9.07. The van der Waals surface area contributed by atoms with Gasteiger partial charge in [0.05, 0.1) is 24.3 Å². The molecular formula is C27H33ClFNO5. The van der Waals surface area contributed by atoms with E-state index in [1.54, 1.807) is 19.1 Å². The summed E-state index contributed by atoms with van der Waals surface area (Å²) in [4.78, 5) is 26.2. The van der Waals surface area contributed by atoms with Gasteiger partial charge in [-0.3, -0.25) is 14.5 Å². The number of rotatable bonds is 12. The number of hydrogen-bond donors (Lipinski definition) is 0. The third kappa shape index (κ3) is 6.95. The Balaban J connectivity index is 1.72. The normalized spacial score (nSPS) is 14.1. The Morgan fingerprint density at radius 1 is 1.06 bits per heavy atom. The van der Waals surface area contributed by atoms with Crippen LogP contribution in [0.4, 0.5) is 4.39 Å².